The Morgan fingerprint density at radius 2 is 0.988 bits per heavy atom. The van der Waals surface area contributed by atoms with Crippen LogP contribution in [0.25, 0.3) is 65.0 Å². The quantitative estimate of drug-likeness (QED) is 0.147. The number of thiophene rings is 2. The third-order valence-electron chi connectivity index (χ3n) is 17.0. The Morgan fingerprint density at radius 1 is 0.571 bits per heavy atom. The molecule has 0 saturated carbocycles. The molecule has 0 spiro atoms. The van der Waals surface area contributed by atoms with Gasteiger partial charge in [0.15, 0.2) is 23.3 Å². The smallest absolute Gasteiger partial charge is 0.410 e. The second-order valence-electron chi connectivity index (χ2n) is 25.2. The highest BCUT2D eigenvalue weighted by Crippen LogP contribution is 2.41. The SMILES string of the molecule is CC(C)(C)OC(=O)N1CC[C@@H]2CN(Cc3cc4nc(-c5cc(F)cc6[nH]ccc56)nc(N5CCOCC5)c4s3)CC[C@@H]21.CC(C)(C)OC(=O)N1CC[C@H]2CN(Cc3cc4nc(-c5cc(F)cc6[nH]ccc56)nc(N5CCOCC5)c4s3)CC[C@H]21. The Hall–Kier alpha value is -6.56. The average Bonchev–Trinajstić information content (AvgIpc) is 3.97. The van der Waals surface area contributed by atoms with Crippen molar-refractivity contribution in [3.8, 4) is 22.8 Å². The maximum atomic E-state index is 14.6. The van der Waals surface area contributed by atoms with Crippen LogP contribution in [0.5, 0.6) is 0 Å². The molecule has 4 atom stereocenters. The normalized spacial score (nSPS) is 21.8. The van der Waals surface area contributed by atoms with E-state index in [1.54, 1.807) is 22.7 Å². The summed E-state index contributed by atoms with van der Waals surface area (Å²) in [6.45, 7) is 24.1. The van der Waals surface area contributed by atoms with Crippen molar-refractivity contribution in [3.05, 3.63) is 82.3 Å². The lowest BCUT2D eigenvalue weighted by atomic mass is 9.93. The molecule has 8 aromatic rings. The van der Waals surface area contributed by atoms with Crippen LogP contribution < -0.4 is 9.80 Å². The van der Waals surface area contributed by atoms with Crippen LogP contribution in [-0.2, 0) is 32.0 Å². The summed E-state index contributed by atoms with van der Waals surface area (Å²) in [7, 11) is 0. The average molecular weight is 1190 g/mol. The first-order valence-corrected chi connectivity index (χ1v) is 31.3. The van der Waals surface area contributed by atoms with E-state index in [1.165, 1.54) is 34.0 Å². The summed E-state index contributed by atoms with van der Waals surface area (Å²) in [5.74, 6) is 3.12. The minimum Gasteiger partial charge on any atom is -0.444 e. The van der Waals surface area contributed by atoms with Gasteiger partial charge in [-0.1, -0.05) is 0 Å². The van der Waals surface area contributed by atoms with E-state index in [0.29, 0.717) is 61.0 Å². The topological polar surface area (TPSA) is 174 Å². The summed E-state index contributed by atoms with van der Waals surface area (Å²) in [5, 5.41) is 1.80. The first-order valence-electron chi connectivity index (χ1n) is 29.7. The molecule has 6 saturated heterocycles. The first kappa shape index (κ1) is 56.6. The number of piperidine rings is 2. The van der Waals surface area contributed by atoms with Gasteiger partial charge in [-0.15, -0.1) is 22.7 Å². The highest BCUT2D eigenvalue weighted by atomic mass is 32.1. The van der Waals surface area contributed by atoms with Crippen molar-refractivity contribution < 1.29 is 37.3 Å². The van der Waals surface area contributed by atoms with Crippen molar-refractivity contribution >= 4 is 88.7 Å². The number of H-pyrrole nitrogens is 2. The number of anilines is 2. The predicted octanol–water partition coefficient (Wildman–Crippen LogP) is 11.3. The highest BCUT2D eigenvalue weighted by molar-refractivity contribution is 7.20. The Morgan fingerprint density at radius 3 is 1.39 bits per heavy atom. The number of likely N-dealkylation sites (tertiary alicyclic amines) is 4. The molecule has 6 aliphatic rings. The van der Waals surface area contributed by atoms with Crippen molar-refractivity contribution in [2.75, 3.05) is 102 Å². The predicted molar refractivity (Wildman–Crippen MR) is 325 cm³/mol. The van der Waals surface area contributed by atoms with Crippen LogP contribution in [0.2, 0.25) is 0 Å². The maximum absolute atomic E-state index is 14.6. The summed E-state index contributed by atoms with van der Waals surface area (Å²) in [5.41, 5.74) is 3.65. The number of ether oxygens (including phenoxy) is 4. The number of halogens is 2. The van der Waals surface area contributed by atoms with Gasteiger partial charge in [0.1, 0.15) is 22.8 Å². The fourth-order valence-electron chi connectivity index (χ4n) is 13.3. The number of fused-ring (bicyclic) bond motifs is 6. The van der Waals surface area contributed by atoms with Crippen LogP contribution in [0.4, 0.5) is 30.0 Å². The Balaban J connectivity index is 0.000000157. The molecule has 2 N–H and O–H groups in total. The van der Waals surface area contributed by atoms with Gasteiger partial charge < -0.3 is 48.5 Å². The number of benzene rings is 2. The number of amides is 2. The van der Waals surface area contributed by atoms with Gasteiger partial charge in [-0.25, -0.2) is 38.3 Å². The highest BCUT2D eigenvalue weighted by Gasteiger charge is 2.44. The molecule has 6 aromatic heterocycles. The van der Waals surface area contributed by atoms with E-state index in [9.17, 15) is 18.4 Å². The van der Waals surface area contributed by atoms with Crippen LogP contribution >= 0.6 is 22.7 Å². The number of nitrogens with zero attached hydrogens (tertiary/aromatic N) is 10. The lowest BCUT2D eigenvalue weighted by Gasteiger charge is -2.38. The molecule has 12 heterocycles. The zero-order chi connectivity index (χ0) is 58.0. The summed E-state index contributed by atoms with van der Waals surface area (Å²) >= 11 is 3.49. The molecule has 22 heteroatoms. The van der Waals surface area contributed by atoms with E-state index < -0.39 is 11.2 Å². The zero-order valence-electron chi connectivity index (χ0n) is 48.7. The van der Waals surface area contributed by atoms with Gasteiger partial charge >= 0.3 is 12.2 Å². The third kappa shape index (κ3) is 11.9. The lowest BCUT2D eigenvalue weighted by molar-refractivity contribution is 0.0130. The molecule has 6 aliphatic heterocycles. The van der Waals surface area contributed by atoms with Crippen molar-refractivity contribution in [2.24, 2.45) is 11.8 Å². The Kier molecular flexibility index (Phi) is 15.5. The fraction of sp³-hybridized carbons (Fsp3) is 0.516. The van der Waals surface area contributed by atoms with Gasteiger partial charge in [0.05, 0.1) is 46.9 Å². The number of nitrogens with one attached hydrogen (secondary N) is 2. The van der Waals surface area contributed by atoms with Crippen LogP contribution in [0.15, 0.2) is 60.9 Å². The minimum absolute atomic E-state index is 0.187. The van der Waals surface area contributed by atoms with E-state index in [0.717, 1.165) is 158 Å². The lowest BCUT2D eigenvalue weighted by Crippen LogP contribution is -2.48. The van der Waals surface area contributed by atoms with Crippen molar-refractivity contribution in [2.45, 2.75) is 104 Å². The second-order valence-corrected chi connectivity index (χ2v) is 27.5. The number of carbonyl (C=O) groups is 2. The van der Waals surface area contributed by atoms with Gasteiger partial charge in [-0.3, -0.25) is 9.80 Å². The molecule has 6 fully saturated rings. The number of rotatable bonds is 8. The molecule has 2 aromatic carbocycles. The van der Waals surface area contributed by atoms with Crippen molar-refractivity contribution in [1.29, 1.82) is 0 Å². The summed E-state index contributed by atoms with van der Waals surface area (Å²) in [6.07, 6.45) is 7.17. The first-order chi connectivity index (χ1) is 40.4. The van der Waals surface area contributed by atoms with Crippen LogP contribution in [0.3, 0.4) is 0 Å². The van der Waals surface area contributed by atoms with Gasteiger partial charge in [0.2, 0.25) is 0 Å². The number of carbonyl (C=O) groups excluding carboxylic acids is 2. The molecule has 84 heavy (non-hydrogen) atoms. The molecule has 0 unspecified atom stereocenters. The van der Waals surface area contributed by atoms with Gasteiger partial charge in [0.25, 0.3) is 0 Å². The van der Waals surface area contributed by atoms with Gasteiger partial charge in [0, 0.05) is 146 Å². The van der Waals surface area contributed by atoms with Crippen molar-refractivity contribution in [1.82, 2.24) is 49.5 Å². The van der Waals surface area contributed by atoms with Crippen LogP contribution in [0, 0.1) is 23.5 Å². The van der Waals surface area contributed by atoms with Gasteiger partial charge in [-0.05, 0) is 128 Å². The number of aromatic amines is 2. The molecular weight excluding hydrogens is 1110 g/mol. The molecule has 2 amide bonds. The fourth-order valence-corrected chi connectivity index (χ4v) is 15.6. The molecule has 18 nitrogen and oxygen atoms in total. The summed E-state index contributed by atoms with van der Waals surface area (Å²) < 4.78 is 53.9. The monoisotopic (exact) mass is 1180 g/mol. The molecule has 14 rings (SSSR count). The van der Waals surface area contributed by atoms with E-state index in [1.807, 2.05) is 75.9 Å². The molecule has 0 aliphatic carbocycles. The standard InChI is InChI=1S/2C31H37FN6O3S/c2*1-31(2,3)41-30(39)38-9-5-19-17-36(8-6-26(19)38)18-21-16-25-27(42-21)29(37-10-12-40-13-11-37)35-28(34-25)23-14-20(32)15-24-22(23)4-7-33-24/h2*4,7,14-16,19,26,33H,5-6,8-13,17-18H2,1-3H3/t2*19-,26+/m10/s1. The Bertz CT molecular complexity index is 3490. The third-order valence-corrected chi connectivity index (χ3v) is 19.2. The largest absolute Gasteiger partial charge is 0.444 e. The van der Waals surface area contributed by atoms with E-state index in [4.69, 9.17) is 38.9 Å². The molecule has 444 valence electrons. The molecular formula is C62H74F2N12O6S2. The van der Waals surface area contributed by atoms with Crippen LogP contribution in [0.1, 0.15) is 77.0 Å². The van der Waals surface area contributed by atoms with E-state index >= 15 is 0 Å². The molecule has 0 bridgehead atoms. The number of morpholine rings is 2. The van der Waals surface area contributed by atoms with E-state index in [-0.39, 0.29) is 35.9 Å². The van der Waals surface area contributed by atoms with Crippen LogP contribution in [-0.4, -0.2) is 177 Å². The van der Waals surface area contributed by atoms with E-state index in [2.05, 4.69) is 41.7 Å². The van der Waals surface area contributed by atoms with Crippen molar-refractivity contribution in [3.63, 3.8) is 0 Å². The number of hydrogen-bond acceptors (Lipinski definition) is 16. The number of aromatic nitrogens is 6. The summed E-state index contributed by atoms with van der Waals surface area (Å²) in [6, 6.07) is 14.8. The maximum Gasteiger partial charge on any atom is 0.410 e. The minimum atomic E-state index is -0.484. The number of hydrogen-bond donors (Lipinski definition) is 2. The summed E-state index contributed by atoms with van der Waals surface area (Å²) in [4.78, 5) is 67.8. The molecule has 0 radical (unpaired) electrons. The second kappa shape index (κ2) is 23.0. The van der Waals surface area contributed by atoms with Gasteiger partial charge in [-0.2, -0.15) is 0 Å². The Labute approximate surface area is 495 Å². The zero-order valence-corrected chi connectivity index (χ0v) is 50.4.